The first-order chi connectivity index (χ1) is 29.7. The summed E-state index contributed by atoms with van der Waals surface area (Å²) in [6.45, 7) is 10.1. The van der Waals surface area contributed by atoms with Crippen molar-refractivity contribution in [1.82, 2.24) is 34.3 Å². The highest BCUT2D eigenvalue weighted by Crippen LogP contribution is 2.43. The van der Waals surface area contributed by atoms with Crippen LogP contribution in [-0.4, -0.2) is 108 Å². The smallest absolute Gasteiger partial charge is 0.312 e. The molecule has 1 aliphatic carbocycles. The van der Waals surface area contributed by atoms with Crippen LogP contribution >= 0.6 is 11.6 Å². The molecule has 1 atom stereocenters. The molecule has 2 fully saturated rings. The molecule has 0 saturated carbocycles. The van der Waals surface area contributed by atoms with Crippen molar-refractivity contribution < 1.29 is 22.9 Å². The van der Waals surface area contributed by atoms with Gasteiger partial charge in [0, 0.05) is 80.4 Å². The molecule has 17 heteroatoms. The molecule has 3 aromatic carbocycles. The predicted molar refractivity (Wildman–Crippen MR) is 240 cm³/mol. The maximum Gasteiger partial charge on any atom is 0.312 e. The Balaban J connectivity index is 0.988. The van der Waals surface area contributed by atoms with Gasteiger partial charge in [-0.05, 0) is 104 Å². The zero-order valence-electron chi connectivity index (χ0n) is 34.8. The molecule has 3 aliphatic rings. The van der Waals surface area contributed by atoms with Crippen LogP contribution in [0, 0.1) is 15.5 Å². The topological polar surface area (TPSA) is 172 Å². The molecular formula is C45H48ClN9O6S. The van der Waals surface area contributed by atoms with E-state index in [1.165, 1.54) is 28.8 Å². The van der Waals surface area contributed by atoms with Gasteiger partial charge in [-0.1, -0.05) is 43.2 Å². The lowest BCUT2D eigenvalue weighted by atomic mass is 9.72. The van der Waals surface area contributed by atoms with E-state index in [9.17, 15) is 23.3 Å². The second-order valence-corrected chi connectivity index (χ2v) is 19.5. The largest absolute Gasteiger partial charge is 0.482 e. The summed E-state index contributed by atoms with van der Waals surface area (Å²) in [6, 6.07) is 20.7. The van der Waals surface area contributed by atoms with E-state index < -0.39 is 31.4 Å². The SMILES string of the molecule is CN1CCC(Oc2ccc(S(=O)(=O)NC(=O)c3ccc(N4CCN(CC5=C(c6ccc(Cl)cc6)CC(C)(C)CC5)CC4)cc3-n3[nH]cc4nc5nccc5cc43)cc2[N+](=O)[O-])C1. The fourth-order valence-corrected chi connectivity index (χ4v) is 10.0. The van der Waals surface area contributed by atoms with Gasteiger partial charge >= 0.3 is 5.69 Å². The van der Waals surface area contributed by atoms with E-state index in [1.54, 1.807) is 23.1 Å². The maximum atomic E-state index is 14.2. The number of hydrogen-bond acceptors (Lipinski definition) is 11. The molecule has 0 radical (unpaired) electrons. The Bertz CT molecular complexity index is 2850. The summed E-state index contributed by atoms with van der Waals surface area (Å²) in [4.78, 5) is 41.0. The minimum atomic E-state index is -4.58. The molecule has 3 aromatic heterocycles. The summed E-state index contributed by atoms with van der Waals surface area (Å²) in [5.74, 6) is -0.942. The molecule has 1 unspecified atom stereocenters. The van der Waals surface area contributed by atoms with Crippen molar-refractivity contribution in [2.75, 3.05) is 57.8 Å². The van der Waals surface area contributed by atoms with Crippen LogP contribution in [0.2, 0.25) is 5.02 Å². The lowest BCUT2D eigenvalue weighted by molar-refractivity contribution is -0.386. The fourth-order valence-electron chi connectivity index (χ4n) is 8.92. The summed E-state index contributed by atoms with van der Waals surface area (Å²) in [5, 5.41) is 16.9. The number of benzene rings is 3. The highest BCUT2D eigenvalue weighted by molar-refractivity contribution is 7.90. The van der Waals surface area contributed by atoms with Crippen molar-refractivity contribution in [3.05, 3.63) is 117 Å². The number of anilines is 1. The van der Waals surface area contributed by atoms with Gasteiger partial charge in [-0.15, -0.1) is 0 Å². The van der Waals surface area contributed by atoms with Crippen molar-refractivity contribution in [2.24, 2.45) is 5.41 Å². The number of amides is 1. The van der Waals surface area contributed by atoms with Gasteiger partial charge in [-0.3, -0.25) is 29.6 Å². The fraction of sp³-hybridized carbons (Fsp3) is 0.356. The first-order valence-corrected chi connectivity index (χ1v) is 22.7. The number of likely N-dealkylation sites (N-methyl/N-ethyl adjacent to an activating group) is 1. The molecule has 2 aliphatic heterocycles. The number of pyridine rings is 1. The number of nitro benzene ring substituents is 1. The van der Waals surface area contributed by atoms with Crippen LogP contribution < -0.4 is 14.4 Å². The number of ether oxygens (including phenoxy) is 1. The number of fused-ring (bicyclic) bond motifs is 2. The molecule has 62 heavy (non-hydrogen) atoms. The number of rotatable bonds is 11. The van der Waals surface area contributed by atoms with E-state index >= 15 is 0 Å². The molecule has 6 aromatic rings. The van der Waals surface area contributed by atoms with Gasteiger partial charge in [-0.2, -0.15) is 0 Å². The number of aromatic amines is 1. The monoisotopic (exact) mass is 877 g/mol. The zero-order valence-corrected chi connectivity index (χ0v) is 36.4. The standard InChI is InChI=1S/C45H48ClN9O6S/c1-45(2)15-12-31(37(25-45)29-4-6-32(46)7-5-29)27-52-18-20-53(21-19-52)33-8-10-36(39(23-33)54-40-22-30-13-16-47-43(30)49-38(40)26-48-54)44(56)50-62(59,60)35-9-11-42(41(24-35)55(57)58)61-34-14-17-51(3)28-34/h4-11,13,16,22-24,26,34,48H,12,14-15,17-21,25,27-28H2,1-3H3,(H,50,56). The van der Waals surface area contributed by atoms with Gasteiger partial charge in [-0.25, -0.2) is 23.1 Å². The molecule has 1 amide bonds. The number of sulfonamides is 1. The Kier molecular flexibility index (Phi) is 11.0. The lowest BCUT2D eigenvalue weighted by Crippen LogP contribution is -2.47. The van der Waals surface area contributed by atoms with Crippen molar-refractivity contribution in [3.63, 3.8) is 0 Å². The molecular weight excluding hydrogens is 830 g/mol. The van der Waals surface area contributed by atoms with Gasteiger partial charge in [0.2, 0.25) is 0 Å². The average molecular weight is 878 g/mol. The number of carbonyl (C=O) groups is 1. The molecule has 2 saturated heterocycles. The summed E-state index contributed by atoms with van der Waals surface area (Å²) in [7, 11) is -2.65. The Labute approximate surface area is 364 Å². The normalized spacial score (nSPS) is 18.8. The zero-order chi connectivity index (χ0) is 43.3. The van der Waals surface area contributed by atoms with Gasteiger partial charge in [0.05, 0.1) is 26.6 Å². The van der Waals surface area contributed by atoms with Crippen LogP contribution in [0.1, 0.15) is 55.5 Å². The number of allylic oxidation sites excluding steroid dienone is 1. The number of piperazine rings is 1. The van der Waals surface area contributed by atoms with Crippen LogP contribution in [0.3, 0.4) is 0 Å². The third kappa shape index (κ3) is 8.51. The van der Waals surface area contributed by atoms with E-state index in [0.717, 1.165) is 80.7 Å². The summed E-state index contributed by atoms with van der Waals surface area (Å²) >= 11 is 6.25. The Morgan fingerprint density at radius 1 is 1.03 bits per heavy atom. The third-order valence-corrected chi connectivity index (χ3v) is 13.9. The van der Waals surface area contributed by atoms with Gasteiger partial charge in [0.1, 0.15) is 11.6 Å². The number of carbonyl (C=O) groups excluding carboxylic acids is 1. The Hall–Kier alpha value is -5.81. The molecule has 322 valence electrons. The van der Waals surface area contributed by atoms with Crippen LogP contribution in [0.15, 0.2) is 95.7 Å². The van der Waals surface area contributed by atoms with Crippen molar-refractivity contribution in [1.29, 1.82) is 0 Å². The van der Waals surface area contributed by atoms with Crippen molar-refractivity contribution in [2.45, 2.75) is 50.5 Å². The van der Waals surface area contributed by atoms with Crippen LogP contribution in [0.25, 0.3) is 33.3 Å². The average Bonchev–Trinajstić information content (AvgIpc) is 4.00. The van der Waals surface area contributed by atoms with Crippen LogP contribution in [0.5, 0.6) is 5.75 Å². The maximum absolute atomic E-state index is 14.2. The van der Waals surface area contributed by atoms with E-state index in [4.69, 9.17) is 16.3 Å². The van der Waals surface area contributed by atoms with Crippen LogP contribution in [-0.2, 0) is 10.0 Å². The van der Waals surface area contributed by atoms with E-state index in [0.29, 0.717) is 35.3 Å². The minimum Gasteiger partial charge on any atom is -0.482 e. The quantitative estimate of drug-likeness (QED) is 0.0979. The number of nitrogens with one attached hydrogen (secondary N) is 2. The highest BCUT2D eigenvalue weighted by atomic mass is 35.5. The number of nitrogens with zero attached hydrogens (tertiary/aromatic N) is 7. The Morgan fingerprint density at radius 3 is 2.56 bits per heavy atom. The highest BCUT2D eigenvalue weighted by Gasteiger charge is 2.31. The van der Waals surface area contributed by atoms with Gasteiger partial charge in [0.25, 0.3) is 15.9 Å². The number of halogens is 1. The molecule has 15 nitrogen and oxygen atoms in total. The third-order valence-electron chi connectivity index (χ3n) is 12.4. The van der Waals surface area contributed by atoms with E-state index in [1.807, 2.05) is 48.3 Å². The lowest BCUT2D eigenvalue weighted by Gasteiger charge is -2.39. The first kappa shape index (κ1) is 41.5. The minimum absolute atomic E-state index is 0.0325. The predicted octanol–water partition coefficient (Wildman–Crippen LogP) is 7.45. The summed E-state index contributed by atoms with van der Waals surface area (Å²) < 4.78 is 37.4. The number of nitro groups is 1. The number of likely N-dealkylation sites (tertiary alicyclic amines) is 1. The number of hydrogen-bond donors (Lipinski definition) is 2. The second-order valence-electron chi connectivity index (χ2n) is 17.4. The molecule has 0 bridgehead atoms. The van der Waals surface area contributed by atoms with Crippen molar-refractivity contribution in [3.8, 4) is 11.4 Å². The van der Waals surface area contributed by atoms with E-state index in [-0.39, 0.29) is 22.8 Å². The summed E-state index contributed by atoms with van der Waals surface area (Å²) in [6.07, 6.45) is 7.00. The second kappa shape index (κ2) is 16.5. The first-order valence-electron chi connectivity index (χ1n) is 20.8. The van der Waals surface area contributed by atoms with Crippen LogP contribution in [0.4, 0.5) is 11.4 Å². The summed E-state index contributed by atoms with van der Waals surface area (Å²) in [5.41, 5.74) is 6.99. The molecule has 2 N–H and O–H groups in total. The molecule has 5 heterocycles. The Morgan fingerprint density at radius 2 is 1.82 bits per heavy atom. The molecule has 9 rings (SSSR count). The van der Waals surface area contributed by atoms with Gasteiger partial charge < -0.3 is 14.5 Å². The van der Waals surface area contributed by atoms with E-state index in [2.05, 4.69) is 55.6 Å². The number of H-pyrrole nitrogens is 1. The molecule has 0 spiro atoms. The van der Waals surface area contributed by atoms with Gasteiger partial charge in [0.15, 0.2) is 11.4 Å². The number of aromatic nitrogens is 4. The van der Waals surface area contributed by atoms with Crippen molar-refractivity contribution >= 4 is 66.5 Å².